The first-order chi connectivity index (χ1) is 13.0. The minimum absolute atomic E-state index is 0.139. The van der Waals surface area contributed by atoms with Crippen molar-refractivity contribution in [2.75, 3.05) is 0 Å². The maximum absolute atomic E-state index is 2.36. The van der Waals surface area contributed by atoms with Crippen molar-refractivity contribution in [3.8, 4) is 22.4 Å². The summed E-state index contributed by atoms with van der Waals surface area (Å²) in [6, 6.07) is 20.4. The van der Waals surface area contributed by atoms with Crippen LogP contribution in [0.1, 0.15) is 58.2 Å². The van der Waals surface area contributed by atoms with Crippen LogP contribution in [-0.2, 0) is 17.9 Å². The summed E-state index contributed by atoms with van der Waals surface area (Å²) >= 11 is 0. The van der Waals surface area contributed by atoms with Crippen LogP contribution < -0.4 is 4.57 Å². The van der Waals surface area contributed by atoms with Gasteiger partial charge in [0, 0.05) is 17.7 Å². The highest BCUT2D eigenvalue weighted by Gasteiger charge is 2.20. The van der Waals surface area contributed by atoms with E-state index in [-0.39, 0.29) is 10.8 Å². The van der Waals surface area contributed by atoms with Crippen molar-refractivity contribution in [2.45, 2.75) is 59.3 Å². The Morgan fingerprint density at radius 1 is 0.679 bits per heavy atom. The standard InChI is InChI=1S/C27H34N/c1-19-12-13-23(27(5,6)7)18-24(19)25-17-21(14-15-28(25)8)20-10-9-11-22(16-20)26(2,3)4/h9-18H,1-8H3/q+1. The summed E-state index contributed by atoms with van der Waals surface area (Å²) in [7, 11) is 2.13. The molecule has 0 unspecified atom stereocenters. The molecule has 146 valence electrons. The van der Waals surface area contributed by atoms with Gasteiger partial charge in [0.15, 0.2) is 6.20 Å². The van der Waals surface area contributed by atoms with Crippen LogP contribution in [0.25, 0.3) is 22.4 Å². The van der Waals surface area contributed by atoms with E-state index in [1.165, 1.54) is 39.1 Å². The molecule has 1 nitrogen and oxygen atoms in total. The topological polar surface area (TPSA) is 3.88 Å². The number of pyridine rings is 1. The number of hydrogen-bond donors (Lipinski definition) is 0. The van der Waals surface area contributed by atoms with Crippen LogP contribution in [0.15, 0.2) is 60.8 Å². The lowest BCUT2D eigenvalue weighted by molar-refractivity contribution is -0.660. The molecule has 2 aromatic carbocycles. The van der Waals surface area contributed by atoms with E-state index < -0.39 is 0 Å². The monoisotopic (exact) mass is 372 g/mol. The zero-order valence-corrected chi connectivity index (χ0v) is 18.7. The highest BCUT2D eigenvalue weighted by molar-refractivity contribution is 5.71. The molecule has 1 heteroatoms. The molecule has 3 rings (SSSR count). The van der Waals surface area contributed by atoms with E-state index >= 15 is 0 Å². The number of nitrogens with zero attached hydrogens (tertiary/aromatic N) is 1. The third-order valence-electron chi connectivity index (χ3n) is 5.59. The van der Waals surface area contributed by atoms with Crippen molar-refractivity contribution in [3.05, 3.63) is 77.5 Å². The molecule has 0 aliphatic carbocycles. The Bertz CT molecular complexity index is 998. The number of rotatable bonds is 2. The Hall–Kier alpha value is -2.41. The van der Waals surface area contributed by atoms with Crippen molar-refractivity contribution in [2.24, 2.45) is 7.05 Å². The average molecular weight is 373 g/mol. The fourth-order valence-corrected chi connectivity index (χ4v) is 3.55. The molecule has 0 radical (unpaired) electrons. The van der Waals surface area contributed by atoms with E-state index in [1.54, 1.807) is 0 Å². The van der Waals surface area contributed by atoms with Crippen molar-refractivity contribution >= 4 is 0 Å². The van der Waals surface area contributed by atoms with E-state index in [1.807, 2.05) is 0 Å². The molecule has 0 aliphatic rings. The van der Waals surface area contributed by atoms with Crippen molar-refractivity contribution in [1.82, 2.24) is 0 Å². The van der Waals surface area contributed by atoms with Crippen molar-refractivity contribution < 1.29 is 4.57 Å². The van der Waals surface area contributed by atoms with E-state index in [0.717, 1.165) is 0 Å². The summed E-state index contributed by atoms with van der Waals surface area (Å²) in [5, 5.41) is 0. The van der Waals surface area contributed by atoms with Gasteiger partial charge in [-0.2, -0.15) is 0 Å². The highest BCUT2D eigenvalue weighted by Crippen LogP contribution is 2.32. The fourth-order valence-electron chi connectivity index (χ4n) is 3.55. The van der Waals surface area contributed by atoms with Crippen molar-refractivity contribution in [1.29, 1.82) is 0 Å². The third kappa shape index (κ3) is 4.19. The molecule has 1 heterocycles. The molecule has 1 aromatic heterocycles. The first-order valence-electron chi connectivity index (χ1n) is 10.2. The minimum Gasteiger partial charge on any atom is -0.201 e. The quantitative estimate of drug-likeness (QED) is 0.438. The van der Waals surface area contributed by atoms with Crippen LogP contribution in [0.2, 0.25) is 0 Å². The van der Waals surface area contributed by atoms with Crippen LogP contribution in [0.4, 0.5) is 0 Å². The van der Waals surface area contributed by atoms with E-state index in [4.69, 9.17) is 0 Å². The maximum atomic E-state index is 2.36. The minimum atomic E-state index is 0.139. The summed E-state index contributed by atoms with van der Waals surface area (Å²) in [6.07, 6.45) is 2.18. The molecule has 0 N–H and O–H groups in total. The largest absolute Gasteiger partial charge is 0.213 e. The number of aryl methyl sites for hydroxylation is 2. The maximum Gasteiger partial charge on any atom is 0.213 e. The smallest absolute Gasteiger partial charge is 0.201 e. The lowest BCUT2D eigenvalue weighted by Gasteiger charge is -2.21. The molecular weight excluding hydrogens is 338 g/mol. The Morgan fingerprint density at radius 2 is 1.29 bits per heavy atom. The predicted molar refractivity (Wildman–Crippen MR) is 121 cm³/mol. The normalized spacial score (nSPS) is 12.3. The first-order valence-corrected chi connectivity index (χ1v) is 10.2. The van der Waals surface area contributed by atoms with Gasteiger partial charge in [-0.05, 0) is 51.6 Å². The summed E-state index contributed by atoms with van der Waals surface area (Å²) in [5.74, 6) is 0. The van der Waals surface area contributed by atoms with Crippen LogP contribution in [0.3, 0.4) is 0 Å². The van der Waals surface area contributed by atoms with Gasteiger partial charge in [-0.1, -0.05) is 77.9 Å². The zero-order chi connectivity index (χ0) is 20.7. The molecular formula is C27H34N+. The number of aromatic nitrogens is 1. The second-order valence-corrected chi connectivity index (χ2v) is 10.0. The van der Waals surface area contributed by atoms with Gasteiger partial charge in [-0.15, -0.1) is 0 Å². The Kier molecular flexibility index (Phi) is 5.23. The number of hydrogen-bond acceptors (Lipinski definition) is 0. The Labute approximate surface area is 171 Å². The molecule has 0 spiro atoms. The van der Waals surface area contributed by atoms with E-state index in [0.29, 0.717) is 0 Å². The summed E-state index contributed by atoms with van der Waals surface area (Å²) in [6.45, 7) is 15.8. The van der Waals surface area contributed by atoms with Gasteiger partial charge < -0.3 is 0 Å². The highest BCUT2D eigenvalue weighted by atomic mass is 14.9. The van der Waals surface area contributed by atoms with E-state index in [2.05, 4.69) is 121 Å². The van der Waals surface area contributed by atoms with Gasteiger partial charge in [-0.25, -0.2) is 4.57 Å². The fraction of sp³-hybridized carbons (Fsp3) is 0.370. The number of benzene rings is 2. The van der Waals surface area contributed by atoms with Gasteiger partial charge in [-0.3, -0.25) is 0 Å². The second kappa shape index (κ2) is 7.20. The summed E-state index contributed by atoms with van der Waals surface area (Å²) < 4.78 is 2.23. The second-order valence-electron chi connectivity index (χ2n) is 10.0. The summed E-state index contributed by atoms with van der Waals surface area (Å²) in [4.78, 5) is 0. The Morgan fingerprint density at radius 3 is 1.93 bits per heavy atom. The molecule has 3 aromatic rings. The Balaban J connectivity index is 2.14. The predicted octanol–water partition coefficient (Wildman–Crippen LogP) is 6.75. The van der Waals surface area contributed by atoms with Gasteiger partial charge in [0.2, 0.25) is 5.69 Å². The molecule has 0 aliphatic heterocycles. The molecule has 0 saturated carbocycles. The summed E-state index contributed by atoms with van der Waals surface area (Å²) in [5.41, 5.74) is 9.43. The molecule has 0 amide bonds. The molecule has 0 fully saturated rings. The van der Waals surface area contributed by atoms with Crippen LogP contribution in [-0.4, -0.2) is 0 Å². The molecule has 0 saturated heterocycles. The zero-order valence-electron chi connectivity index (χ0n) is 18.7. The SMILES string of the molecule is Cc1ccc(C(C)(C)C)cc1-c1cc(-c2cccc(C(C)(C)C)c2)cc[n+]1C. The van der Waals surface area contributed by atoms with Crippen molar-refractivity contribution in [3.63, 3.8) is 0 Å². The van der Waals surface area contributed by atoms with Crippen LogP contribution in [0.5, 0.6) is 0 Å². The molecule has 0 atom stereocenters. The van der Waals surface area contributed by atoms with Gasteiger partial charge >= 0.3 is 0 Å². The molecule has 28 heavy (non-hydrogen) atoms. The van der Waals surface area contributed by atoms with Gasteiger partial charge in [0.1, 0.15) is 7.05 Å². The van der Waals surface area contributed by atoms with Gasteiger partial charge in [0.05, 0.1) is 0 Å². The van der Waals surface area contributed by atoms with Crippen LogP contribution >= 0.6 is 0 Å². The lowest BCUT2D eigenvalue weighted by atomic mass is 9.84. The third-order valence-corrected chi connectivity index (χ3v) is 5.59. The first kappa shape index (κ1) is 20.3. The van der Waals surface area contributed by atoms with Crippen LogP contribution in [0, 0.1) is 6.92 Å². The van der Waals surface area contributed by atoms with E-state index in [9.17, 15) is 0 Å². The molecule has 0 bridgehead atoms. The van der Waals surface area contributed by atoms with Gasteiger partial charge in [0.25, 0.3) is 0 Å². The lowest BCUT2D eigenvalue weighted by Crippen LogP contribution is -2.30. The average Bonchev–Trinajstić information content (AvgIpc) is 2.61.